The smallest absolute Gasteiger partial charge is 0.130 e. The van der Waals surface area contributed by atoms with Crippen molar-refractivity contribution < 1.29 is 18.6 Å². The molecule has 0 aliphatic carbocycles. The third kappa shape index (κ3) is 2.19. The van der Waals surface area contributed by atoms with Crippen LogP contribution in [0.25, 0.3) is 0 Å². The molecule has 0 spiro atoms. The van der Waals surface area contributed by atoms with Crippen LogP contribution in [-0.4, -0.2) is 5.11 Å². The molecule has 98 valence electrons. The van der Waals surface area contributed by atoms with Gasteiger partial charge in [0.1, 0.15) is 23.5 Å². The van der Waals surface area contributed by atoms with Crippen LogP contribution in [-0.2, 0) is 0 Å². The zero-order valence-electron chi connectivity index (χ0n) is 10.0. The van der Waals surface area contributed by atoms with Crippen molar-refractivity contribution in [3.63, 3.8) is 0 Å². The van der Waals surface area contributed by atoms with E-state index in [-0.39, 0.29) is 18.0 Å². The van der Waals surface area contributed by atoms with E-state index in [1.807, 2.05) is 0 Å². The summed E-state index contributed by atoms with van der Waals surface area (Å²) in [6, 6.07) is 10.2. The van der Waals surface area contributed by atoms with Crippen molar-refractivity contribution in [3.05, 3.63) is 65.2 Å². The number of benzene rings is 2. The minimum Gasteiger partial charge on any atom is -0.485 e. The highest BCUT2D eigenvalue weighted by Gasteiger charge is 2.29. The van der Waals surface area contributed by atoms with E-state index < -0.39 is 18.0 Å². The first kappa shape index (κ1) is 12.1. The molecule has 0 aromatic heterocycles. The summed E-state index contributed by atoms with van der Waals surface area (Å²) in [5.41, 5.74) is 0.908. The number of rotatable bonds is 1. The molecule has 4 heteroatoms. The molecule has 3 rings (SSSR count). The lowest BCUT2D eigenvalue weighted by Crippen LogP contribution is -2.20. The van der Waals surface area contributed by atoms with E-state index in [2.05, 4.69) is 0 Å². The molecular weight excluding hydrogens is 250 g/mol. The Hall–Kier alpha value is -1.94. The van der Waals surface area contributed by atoms with Gasteiger partial charge >= 0.3 is 0 Å². The topological polar surface area (TPSA) is 29.5 Å². The number of aliphatic hydroxyl groups is 1. The minimum atomic E-state index is -0.783. The summed E-state index contributed by atoms with van der Waals surface area (Å²) < 4.78 is 32.5. The second kappa shape index (κ2) is 4.63. The van der Waals surface area contributed by atoms with Crippen molar-refractivity contribution in [2.24, 2.45) is 0 Å². The Morgan fingerprint density at radius 1 is 1.05 bits per heavy atom. The van der Waals surface area contributed by atoms with E-state index in [1.54, 1.807) is 18.2 Å². The van der Waals surface area contributed by atoms with E-state index in [1.165, 1.54) is 24.3 Å². The average Bonchev–Trinajstić information content (AvgIpc) is 2.38. The van der Waals surface area contributed by atoms with Crippen LogP contribution in [0.5, 0.6) is 5.75 Å². The molecule has 1 aliphatic rings. The Kier molecular flexibility index (Phi) is 2.95. The first-order valence-electron chi connectivity index (χ1n) is 6.04. The molecule has 2 nitrogen and oxygen atoms in total. The van der Waals surface area contributed by atoms with Gasteiger partial charge in [-0.2, -0.15) is 0 Å². The lowest BCUT2D eigenvalue weighted by atomic mass is 9.95. The van der Waals surface area contributed by atoms with Crippen LogP contribution in [0.2, 0.25) is 0 Å². The van der Waals surface area contributed by atoms with Gasteiger partial charge in [-0.15, -0.1) is 0 Å². The maximum absolute atomic E-state index is 13.7. The Labute approximate surface area is 109 Å². The monoisotopic (exact) mass is 262 g/mol. The van der Waals surface area contributed by atoms with Gasteiger partial charge in [-0.05, 0) is 18.2 Å². The Bertz CT molecular complexity index is 613. The van der Waals surface area contributed by atoms with Crippen molar-refractivity contribution >= 4 is 0 Å². The van der Waals surface area contributed by atoms with Crippen molar-refractivity contribution in [1.82, 2.24) is 0 Å². The molecule has 0 saturated heterocycles. The maximum Gasteiger partial charge on any atom is 0.130 e. The lowest BCUT2D eigenvalue weighted by molar-refractivity contribution is 0.0636. The fourth-order valence-corrected chi connectivity index (χ4v) is 2.34. The molecule has 0 amide bonds. The summed E-state index contributed by atoms with van der Waals surface area (Å²) >= 11 is 0. The minimum absolute atomic E-state index is 0.250. The molecule has 1 N–H and O–H groups in total. The molecule has 2 aromatic rings. The van der Waals surface area contributed by atoms with Gasteiger partial charge in [-0.1, -0.05) is 18.2 Å². The van der Waals surface area contributed by atoms with Crippen LogP contribution in [0.15, 0.2) is 42.5 Å². The van der Waals surface area contributed by atoms with Crippen LogP contribution in [0, 0.1) is 11.6 Å². The van der Waals surface area contributed by atoms with Crippen molar-refractivity contribution in [1.29, 1.82) is 0 Å². The summed E-state index contributed by atoms with van der Waals surface area (Å²) in [5.74, 6) is -0.563. The molecule has 2 atom stereocenters. The molecule has 0 radical (unpaired) electrons. The second-order valence-electron chi connectivity index (χ2n) is 4.56. The fraction of sp³-hybridized carbons (Fsp3) is 0.200. The van der Waals surface area contributed by atoms with Crippen LogP contribution < -0.4 is 4.74 Å². The average molecular weight is 262 g/mol. The zero-order valence-corrected chi connectivity index (χ0v) is 10.0. The molecule has 1 heterocycles. The van der Waals surface area contributed by atoms with Crippen molar-refractivity contribution in [3.8, 4) is 5.75 Å². The van der Waals surface area contributed by atoms with Crippen LogP contribution in [0.1, 0.15) is 29.8 Å². The summed E-state index contributed by atoms with van der Waals surface area (Å²) in [7, 11) is 0. The van der Waals surface area contributed by atoms with E-state index in [0.29, 0.717) is 11.1 Å². The molecule has 2 aromatic carbocycles. The zero-order chi connectivity index (χ0) is 13.4. The third-order valence-corrected chi connectivity index (χ3v) is 3.29. The molecule has 1 unspecified atom stereocenters. The first-order valence-corrected chi connectivity index (χ1v) is 6.04. The predicted octanol–water partition coefficient (Wildman–Crippen LogP) is 3.52. The molecule has 0 bridgehead atoms. The van der Waals surface area contributed by atoms with Crippen LogP contribution >= 0.6 is 0 Å². The van der Waals surface area contributed by atoms with Crippen molar-refractivity contribution in [2.75, 3.05) is 0 Å². The molecule has 19 heavy (non-hydrogen) atoms. The normalized spacial score (nSPS) is 21.6. The van der Waals surface area contributed by atoms with Gasteiger partial charge in [0, 0.05) is 23.6 Å². The van der Waals surface area contributed by atoms with E-state index >= 15 is 0 Å². The molecule has 0 saturated carbocycles. The third-order valence-electron chi connectivity index (χ3n) is 3.29. The quantitative estimate of drug-likeness (QED) is 0.852. The van der Waals surface area contributed by atoms with Crippen LogP contribution in [0.4, 0.5) is 8.78 Å². The maximum atomic E-state index is 13.7. The SMILES string of the molecule is O[C@H]1CC(c2ccccc2F)Oc2cc(F)ccc21. The van der Waals surface area contributed by atoms with E-state index in [9.17, 15) is 13.9 Å². The van der Waals surface area contributed by atoms with Gasteiger partial charge in [-0.25, -0.2) is 8.78 Å². The van der Waals surface area contributed by atoms with Gasteiger partial charge in [0.15, 0.2) is 0 Å². The molecule has 0 fully saturated rings. The fourth-order valence-electron chi connectivity index (χ4n) is 2.34. The Balaban J connectivity index is 1.99. The lowest BCUT2D eigenvalue weighted by Gasteiger charge is -2.30. The van der Waals surface area contributed by atoms with Gasteiger partial charge in [0.25, 0.3) is 0 Å². The summed E-state index contributed by atoms with van der Waals surface area (Å²) in [4.78, 5) is 0. The highest BCUT2D eigenvalue weighted by molar-refractivity contribution is 5.39. The summed E-state index contributed by atoms with van der Waals surface area (Å²) in [6.07, 6.45) is -1.14. The van der Waals surface area contributed by atoms with Gasteiger partial charge in [0.2, 0.25) is 0 Å². The van der Waals surface area contributed by atoms with Gasteiger partial charge in [0.05, 0.1) is 6.10 Å². The van der Waals surface area contributed by atoms with Gasteiger partial charge < -0.3 is 9.84 Å². The van der Waals surface area contributed by atoms with Crippen molar-refractivity contribution in [2.45, 2.75) is 18.6 Å². The molecular formula is C15H12F2O2. The second-order valence-corrected chi connectivity index (χ2v) is 4.56. The van der Waals surface area contributed by atoms with E-state index in [4.69, 9.17) is 4.74 Å². The number of fused-ring (bicyclic) bond motifs is 1. The highest BCUT2D eigenvalue weighted by Crippen LogP contribution is 2.41. The van der Waals surface area contributed by atoms with Gasteiger partial charge in [-0.3, -0.25) is 0 Å². The highest BCUT2D eigenvalue weighted by atomic mass is 19.1. The number of ether oxygens (including phenoxy) is 1. The largest absolute Gasteiger partial charge is 0.485 e. The molecule has 1 aliphatic heterocycles. The number of aliphatic hydroxyl groups excluding tert-OH is 1. The number of halogens is 2. The summed E-state index contributed by atoms with van der Waals surface area (Å²) in [5, 5.41) is 10.0. The standard InChI is InChI=1S/C15H12F2O2/c16-9-5-6-11-13(18)8-15(19-14(11)7-9)10-3-1-2-4-12(10)17/h1-7,13,15,18H,8H2/t13-,15?/m0/s1. The Morgan fingerprint density at radius 2 is 1.84 bits per heavy atom. The Morgan fingerprint density at radius 3 is 2.63 bits per heavy atom. The van der Waals surface area contributed by atoms with E-state index in [0.717, 1.165) is 0 Å². The first-order chi connectivity index (χ1) is 9.15. The predicted molar refractivity (Wildman–Crippen MR) is 65.7 cm³/mol. The number of hydrogen-bond acceptors (Lipinski definition) is 2. The van der Waals surface area contributed by atoms with Crippen LogP contribution in [0.3, 0.4) is 0 Å². The summed E-state index contributed by atoms with van der Waals surface area (Å²) in [6.45, 7) is 0. The number of hydrogen-bond donors (Lipinski definition) is 1.